The third kappa shape index (κ3) is 1.70. The molecular formula is C11H9ClN2. The van der Waals surface area contributed by atoms with Crippen LogP contribution >= 0.6 is 11.6 Å². The lowest BCUT2D eigenvalue weighted by Gasteiger charge is -2.04. The number of nitrogen functional groups attached to an aromatic ring is 1. The van der Waals surface area contributed by atoms with Crippen molar-refractivity contribution in [1.29, 1.82) is 0 Å². The predicted octanol–water partition coefficient (Wildman–Crippen LogP) is 2.98. The minimum absolute atomic E-state index is 0.667. The van der Waals surface area contributed by atoms with Gasteiger partial charge in [0.05, 0.1) is 5.69 Å². The van der Waals surface area contributed by atoms with E-state index >= 15 is 0 Å². The fraction of sp³-hybridized carbons (Fsp3) is 0. The van der Waals surface area contributed by atoms with Gasteiger partial charge in [-0.15, -0.1) is 0 Å². The van der Waals surface area contributed by atoms with Crippen molar-refractivity contribution in [1.82, 2.24) is 4.98 Å². The van der Waals surface area contributed by atoms with E-state index in [1.54, 1.807) is 18.3 Å². The lowest BCUT2D eigenvalue weighted by atomic mass is 10.1. The Balaban J connectivity index is 2.57. The second-order valence-corrected chi connectivity index (χ2v) is 3.38. The Bertz CT molecular complexity index is 440. The summed E-state index contributed by atoms with van der Waals surface area (Å²) in [7, 11) is 0. The van der Waals surface area contributed by atoms with E-state index in [0.29, 0.717) is 10.7 Å². The summed E-state index contributed by atoms with van der Waals surface area (Å²) in [5.41, 5.74) is 8.22. The van der Waals surface area contributed by atoms with Gasteiger partial charge in [0.25, 0.3) is 0 Å². The van der Waals surface area contributed by atoms with Gasteiger partial charge >= 0.3 is 0 Å². The van der Waals surface area contributed by atoms with Crippen LogP contribution in [0.5, 0.6) is 0 Å². The zero-order valence-corrected chi connectivity index (χ0v) is 8.20. The first kappa shape index (κ1) is 9.03. The number of nitrogens with zero attached hydrogens (tertiary/aromatic N) is 1. The van der Waals surface area contributed by atoms with E-state index in [-0.39, 0.29) is 0 Å². The Labute approximate surface area is 87.4 Å². The molecule has 0 atom stereocenters. The predicted molar refractivity (Wildman–Crippen MR) is 59.1 cm³/mol. The number of halogens is 1. The molecule has 1 aromatic carbocycles. The Morgan fingerprint density at radius 3 is 2.71 bits per heavy atom. The lowest BCUT2D eigenvalue weighted by Crippen LogP contribution is -1.91. The van der Waals surface area contributed by atoms with Crippen molar-refractivity contribution < 1.29 is 0 Å². The average Bonchev–Trinajstić information content (AvgIpc) is 2.23. The molecule has 0 unspecified atom stereocenters. The van der Waals surface area contributed by atoms with Crippen LogP contribution in [0.4, 0.5) is 5.69 Å². The van der Waals surface area contributed by atoms with Gasteiger partial charge in [0.1, 0.15) is 0 Å². The highest BCUT2D eigenvalue weighted by molar-refractivity contribution is 6.31. The third-order valence-corrected chi connectivity index (χ3v) is 2.19. The molecular weight excluding hydrogens is 196 g/mol. The summed E-state index contributed by atoms with van der Waals surface area (Å²) in [5.74, 6) is 0. The number of rotatable bonds is 1. The first-order chi connectivity index (χ1) is 6.77. The fourth-order valence-corrected chi connectivity index (χ4v) is 1.44. The van der Waals surface area contributed by atoms with Crippen LogP contribution in [-0.2, 0) is 0 Å². The van der Waals surface area contributed by atoms with E-state index in [1.165, 1.54) is 0 Å². The van der Waals surface area contributed by atoms with Gasteiger partial charge < -0.3 is 5.73 Å². The first-order valence-electron chi connectivity index (χ1n) is 4.24. The number of hydrogen-bond donors (Lipinski definition) is 1. The van der Waals surface area contributed by atoms with Crippen molar-refractivity contribution in [3.63, 3.8) is 0 Å². The summed E-state index contributed by atoms with van der Waals surface area (Å²) in [5, 5.41) is 0.667. The van der Waals surface area contributed by atoms with Crippen molar-refractivity contribution >= 4 is 17.3 Å². The Kier molecular flexibility index (Phi) is 2.37. The monoisotopic (exact) mass is 204 g/mol. The van der Waals surface area contributed by atoms with Gasteiger partial charge in [-0.3, -0.25) is 4.98 Å². The maximum atomic E-state index is 5.88. The van der Waals surface area contributed by atoms with Crippen LogP contribution in [0.3, 0.4) is 0 Å². The SMILES string of the molecule is Nc1ccc(Cl)cc1-c1ccccn1. The number of hydrogen-bond acceptors (Lipinski definition) is 2. The van der Waals surface area contributed by atoms with Gasteiger partial charge in [0.2, 0.25) is 0 Å². The van der Waals surface area contributed by atoms with E-state index in [2.05, 4.69) is 4.98 Å². The van der Waals surface area contributed by atoms with E-state index in [1.807, 2.05) is 24.3 Å². The number of benzene rings is 1. The first-order valence-corrected chi connectivity index (χ1v) is 4.61. The Hall–Kier alpha value is -1.54. The molecule has 2 N–H and O–H groups in total. The highest BCUT2D eigenvalue weighted by Gasteiger charge is 2.03. The Morgan fingerprint density at radius 2 is 2.00 bits per heavy atom. The van der Waals surface area contributed by atoms with Gasteiger partial charge in [-0.05, 0) is 30.3 Å². The standard InChI is InChI=1S/C11H9ClN2/c12-8-4-5-10(13)9(7-8)11-3-1-2-6-14-11/h1-7H,13H2. The van der Waals surface area contributed by atoms with Crippen LogP contribution in [-0.4, -0.2) is 4.98 Å². The van der Waals surface area contributed by atoms with Crippen LogP contribution < -0.4 is 5.73 Å². The second-order valence-electron chi connectivity index (χ2n) is 2.95. The molecule has 2 nitrogen and oxygen atoms in total. The second kappa shape index (κ2) is 3.68. The van der Waals surface area contributed by atoms with E-state index in [0.717, 1.165) is 11.3 Å². The molecule has 0 spiro atoms. The molecule has 1 aromatic heterocycles. The van der Waals surface area contributed by atoms with E-state index < -0.39 is 0 Å². The molecule has 70 valence electrons. The quantitative estimate of drug-likeness (QED) is 0.726. The zero-order valence-electron chi connectivity index (χ0n) is 7.44. The summed E-state index contributed by atoms with van der Waals surface area (Å²) in [6.07, 6.45) is 1.73. The third-order valence-electron chi connectivity index (χ3n) is 1.96. The smallest absolute Gasteiger partial charge is 0.0723 e. The molecule has 0 bridgehead atoms. The highest BCUT2D eigenvalue weighted by atomic mass is 35.5. The summed E-state index contributed by atoms with van der Waals surface area (Å²) in [6.45, 7) is 0. The van der Waals surface area contributed by atoms with Gasteiger partial charge in [-0.25, -0.2) is 0 Å². The van der Waals surface area contributed by atoms with Crippen LogP contribution in [0, 0.1) is 0 Å². The van der Waals surface area contributed by atoms with E-state index in [9.17, 15) is 0 Å². The average molecular weight is 205 g/mol. The van der Waals surface area contributed by atoms with Gasteiger partial charge in [-0.1, -0.05) is 17.7 Å². The van der Waals surface area contributed by atoms with Crippen LogP contribution in [0.25, 0.3) is 11.3 Å². The molecule has 0 aliphatic carbocycles. The molecule has 1 heterocycles. The number of nitrogens with two attached hydrogens (primary N) is 1. The van der Waals surface area contributed by atoms with Crippen molar-refractivity contribution in [2.75, 3.05) is 5.73 Å². The molecule has 0 aliphatic heterocycles. The summed E-state index contributed by atoms with van der Waals surface area (Å²) in [6, 6.07) is 11.1. The maximum Gasteiger partial charge on any atom is 0.0723 e. The minimum Gasteiger partial charge on any atom is -0.398 e. The van der Waals surface area contributed by atoms with Crippen LogP contribution in [0.2, 0.25) is 5.02 Å². The van der Waals surface area contributed by atoms with Gasteiger partial charge in [0.15, 0.2) is 0 Å². The molecule has 0 aliphatic rings. The molecule has 0 saturated heterocycles. The van der Waals surface area contributed by atoms with Crippen molar-refractivity contribution in [2.24, 2.45) is 0 Å². The minimum atomic E-state index is 0.667. The fourth-order valence-electron chi connectivity index (χ4n) is 1.27. The van der Waals surface area contributed by atoms with Crippen LogP contribution in [0.1, 0.15) is 0 Å². The van der Waals surface area contributed by atoms with Crippen molar-refractivity contribution in [3.05, 3.63) is 47.6 Å². The molecule has 2 rings (SSSR count). The largest absolute Gasteiger partial charge is 0.398 e. The van der Waals surface area contributed by atoms with Crippen molar-refractivity contribution in [2.45, 2.75) is 0 Å². The molecule has 0 amide bonds. The normalized spacial score (nSPS) is 10.1. The zero-order chi connectivity index (χ0) is 9.97. The Morgan fingerprint density at radius 1 is 1.14 bits per heavy atom. The molecule has 14 heavy (non-hydrogen) atoms. The summed E-state index contributed by atoms with van der Waals surface area (Å²) >= 11 is 5.88. The molecule has 0 saturated carbocycles. The number of pyridine rings is 1. The number of anilines is 1. The molecule has 0 fully saturated rings. The number of aromatic nitrogens is 1. The van der Waals surface area contributed by atoms with E-state index in [4.69, 9.17) is 17.3 Å². The summed E-state index contributed by atoms with van der Waals surface area (Å²) in [4.78, 5) is 4.21. The molecule has 3 heteroatoms. The van der Waals surface area contributed by atoms with Crippen molar-refractivity contribution in [3.8, 4) is 11.3 Å². The summed E-state index contributed by atoms with van der Waals surface area (Å²) < 4.78 is 0. The highest BCUT2D eigenvalue weighted by Crippen LogP contribution is 2.26. The molecule has 2 aromatic rings. The molecule has 0 radical (unpaired) electrons. The topological polar surface area (TPSA) is 38.9 Å². The maximum absolute atomic E-state index is 5.88. The lowest BCUT2D eigenvalue weighted by molar-refractivity contribution is 1.33. The van der Waals surface area contributed by atoms with Crippen LogP contribution in [0.15, 0.2) is 42.6 Å². The van der Waals surface area contributed by atoms with Gasteiger partial charge in [-0.2, -0.15) is 0 Å². The van der Waals surface area contributed by atoms with Gasteiger partial charge in [0, 0.05) is 22.5 Å².